The summed E-state index contributed by atoms with van der Waals surface area (Å²) >= 11 is 4.93. The SMILES string of the molecule is O=C(Cl)C(O)(O)c1ccccc1O. The minimum atomic E-state index is -2.84. The summed E-state index contributed by atoms with van der Waals surface area (Å²) in [5.74, 6) is -3.24. The minimum absolute atomic E-state index is 0.338. The number of aromatic hydroxyl groups is 1. The average Bonchev–Trinajstić information content (AvgIpc) is 2.04. The largest absolute Gasteiger partial charge is 0.507 e. The van der Waals surface area contributed by atoms with E-state index < -0.39 is 16.8 Å². The van der Waals surface area contributed by atoms with Crippen molar-refractivity contribution in [3.05, 3.63) is 29.8 Å². The number of hydrogen-bond acceptors (Lipinski definition) is 4. The summed E-state index contributed by atoms with van der Waals surface area (Å²) in [6.07, 6.45) is 0. The van der Waals surface area contributed by atoms with Gasteiger partial charge in [-0.05, 0) is 23.7 Å². The molecule has 0 unspecified atom stereocenters. The maximum atomic E-state index is 10.6. The zero-order valence-electron chi connectivity index (χ0n) is 6.44. The van der Waals surface area contributed by atoms with Crippen molar-refractivity contribution in [2.75, 3.05) is 0 Å². The first-order valence-electron chi connectivity index (χ1n) is 3.39. The summed E-state index contributed by atoms with van der Waals surface area (Å²) in [5, 5.41) is 26.1. The Morgan fingerprint density at radius 1 is 1.31 bits per heavy atom. The normalized spacial score (nSPS) is 11.3. The summed E-state index contributed by atoms with van der Waals surface area (Å²) < 4.78 is 0. The second kappa shape index (κ2) is 3.33. The van der Waals surface area contributed by atoms with Crippen molar-refractivity contribution >= 4 is 16.8 Å². The van der Waals surface area contributed by atoms with Gasteiger partial charge in [-0.1, -0.05) is 12.1 Å². The highest BCUT2D eigenvalue weighted by Gasteiger charge is 2.36. The molecule has 0 spiro atoms. The Hall–Kier alpha value is -1.10. The van der Waals surface area contributed by atoms with Crippen LogP contribution in [0.1, 0.15) is 5.56 Å². The lowest BCUT2D eigenvalue weighted by Crippen LogP contribution is -2.31. The van der Waals surface area contributed by atoms with Crippen LogP contribution in [-0.2, 0) is 10.6 Å². The van der Waals surface area contributed by atoms with Gasteiger partial charge in [-0.3, -0.25) is 4.79 Å². The number of rotatable bonds is 2. The molecule has 0 saturated heterocycles. The summed E-state index contributed by atoms with van der Waals surface area (Å²) in [4.78, 5) is 10.6. The Morgan fingerprint density at radius 3 is 2.31 bits per heavy atom. The van der Waals surface area contributed by atoms with E-state index in [-0.39, 0.29) is 5.56 Å². The number of carbonyl (C=O) groups excluding carboxylic acids is 1. The van der Waals surface area contributed by atoms with E-state index in [2.05, 4.69) is 0 Å². The standard InChI is InChI=1S/C8H7ClO4/c9-7(11)8(12,13)5-3-1-2-4-6(5)10/h1-4,10,12-13H. The maximum Gasteiger partial charge on any atom is 0.286 e. The van der Waals surface area contributed by atoms with Crippen LogP contribution in [0.4, 0.5) is 0 Å². The molecular weight excluding hydrogens is 196 g/mol. The Kier molecular flexibility index (Phi) is 2.56. The number of hydrogen-bond donors (Lipinski definition) is 3. The monoisotopic (exact) mass is 202 g/mol. The predicted molar refractivity (Wildman–Crippen MR) is 45.1 cm³/mol. The Bertz CT molecular complexity index is 335. The van der Waals surface area contributed by atoms with Gasteiger partial charge in [0.05, 0.1) is 5.56 Å². The third-order valence-corrected chi connectivity index (χ3v) is 1.82. The van der Waals surface area contributed by atoms with E-state index in [1.807, 2.05) is 0 Å². The average molecular weight is 203 g/mol. The lowest BCUT2D eigenvalue weighted by Gasteiger charge is -2.17. The number of para-hydroxylation sites is 1. The van der Waals surface area contributed by atoms with Gasteiger partial charge in [0.25, 0.3) is 11.0 Å². The highest BCUT2D eigenvalue weighted by molar-refractivity contribution is 6.65. The summed E-state index contributed by atoms with van der Waals surface area (Å²) in [7, 11) is 0. The van der Waals surface area contributed by atoms with E-state index in [0.29, 0.717) is 0 Å². The molecule has 5 heteroatoms. The fraction of sp³-hybridized carbons (Fsp3) is 0.125. The fourth-order valence-electron chi connectivity index (χ4n) is 0.874. The lowest BCUT2D eigenvalue weighted by atomic mass is 10.1. The van der Waals surface area contributed by atoms with E-state index in [1.54, 1.807) is 0 Å². The smallest absolute Gasteiger partial charge is 0.286 e. The molecule has 0 bridgehead atoms. The molecule has 0 radical (unpaired) electrons. The van der Waals surface area contributed by atoms with E-state index in [4.69, 9.17) is 26.9 Å². The quantitative estimate of drug-likeness (QED) is 0.476. The molecule has 0 saturated carbocycles. The second-order valence-corrected chi connectivity index (χ2v) is 2.81. The Morgan fingerprint density at radius 2 is 1.85 bits per heavy atom. The van der Waals surface area contributed by atoms with Crippen LogP contribution in [0.5, 0.6) is 5.75 Å². The van der Waals surface area contributed by atoms with E-state index in [1.165, 1.54) is 24.3 Å². The van der Waals surface area contributed by atoms with Crippen molar-refractivity contribution in [2.24, 2.45) is 0 Å². The van der Waals surface area contributed by atoms with Gasteiger partial charge in [-0.25, -0.2) is 0 Å². The molecule has 0 fully saturated rings. The second-order valence-electron chi connectivity index (χ2n) is 2.46. The third-order valence-electron chi connectivity index (χ3n) is 1.55. The highest BCUT2D eigenvalue weighted by Crippen LogP contribution is 2.28. The molecule has 0 heterocycles. The van der Waals surface area contributed by atoms with Gasteiger partial charge in [0.2, 0.25) is 0 Å². The van der Waals surface area contributed by atoms with Gasteiger partial charge in [0.1, 0.15) is 5.75 Å². The van der Waals surface area contributed by atoms with Crippen LogP contribution >= 0.6 is 11.6 Å². The van der Waals surface area contributed by atoms with Gasteiger partial charge in [-0.15, -0.1) is 0 Å². The molecule has 1 aromatic rings. The van der Waals surface area contributed by atoms with Crippen molar-refractivity contribution in [1.82, 2.24) is 0 Å². The minimum Gasteiger partial charge on any atom is -0.507 e. The van der Waals surface area contributed by atoms with Crippen LogP contribution < -0.4 is 0 Å². The van der Waals surface area contributed by atoms with Crippen LogP contribution in [0.25, 0.3) is 0 Å². The fourth-order valence-corrected chi connectivity index (χ4v) is 0.976. The zero-order valence-corrected chi connectivity index (χ0v) is 7.19. The van der Waals surface area contributed by atoms with Gasteiger partial charge in [0.15, 0.2) is 0 Å². The van der Waals surface area contributed by atoms with Gasteiger partial charge < -0.3 is 15.3 Å². The molecule has 0 atom stereocenters. The molecule has 0 amide bonds. The van der Waals surface area contributed by atoms with Gasteiger partial charge in [-0.2, -0.15) is 0 Å². The summed E-state index contributed by atoms with van der Waals surface area (Å²) in [5.41, 5.74) is -0.338. The van der Waals surface area contributed by atoms with Crippen LogP contribution in [-0.4, -0.2) is 20.6 Å². The molecular formula is C8H7ClO4. The Balaban J connectivity index is 3.22. The predicted octanol–water partition coefficient (Wildman–Crippen LogP) is 0.295. The first-order valence-corrected chi connectivity index (χ1v) is 3.77. The summed E-state index contributed by atoms with van der Waals surface area (Å²) in [6, 6.07) is 5.33. The number of phenolic OH excluding ortho intramolecular Hbond substituents is 1. The Labute approximate surface area is 79.0 Å². The van der Waals surface area contributed by atoms with Crippen LogP contribution in [0.15, 0.2) is 24.3 Å². The third kappa shape index (κ3) is 1.80. The van der Waals surface area contributed by atoms with Crippen molar-refractivity contribution in [3.8, 4) is 5.75 Å². The molecule has 4 nitrogen and oxygen atoms in total. The molecule has 0 aromatic heterocycles. The lowest BCUT2D eigenvalue weighted by molar-refractivity contribution is -0.178. The van der Waals surface area contributed by atoms with E-state index in [0.717, 1.165) is 0 Å². The van der Waals surface area contributed by atoms with Crippen molar-refractivity contribution in [3.63, 3.8) is 0 Å². The zero-order chi connectivity index (χ0) is 10.1. The van der Waals surface area contributed by atoms with Crippen LogP contribution in [0.3, 0.4) is 0 Å². The topological polar surface area (TPSA) is 77.8 Å². The van der Waals surface area contributed by atoms with E-state index in [9.17, 15) is 4.79 Å². The number of benzene rings is 1. The van der Waals surface area contributed by atoms with Crippen molar-refractivity contribution < 1.29 is 20.1 Å². The first kappa shape index (κ1) is 9.98. The molecule has 0 aliphatic carbocycles. The molecule has 3 N–H and O–H groups in total. The molecule has 13 heavy (non-hydrogen) atoms. The summed E-state index contributed by atoms with van der Waals surface area (Å²) in [6.45, 7) is 0. The number of aliphatic hydroxyl groups is 2. The molecule has 1 aromatic carbocycles. The van der Waals surface area contributed by atoms with Crippen molar-refractivity contribution in [2.45, 2.75) is 5.79 Å². The first-order chi connectivity index (χ1) is 5.96. The number of carbonyl (C=O) groups is 1. The molecule has 0 aliphatic rings. The number of halogens is 1. The number of phenols is 1. The molecule has 70 valence electrons. The van der Waals surface area contributed by atoms with Gasteiger partial charge in [0, 0.05) is 0 Å². The van der Waals surface area contributed by atoms with Crippen molar-refractivity contribution in [1.29, 1.82) is 0 Å². The maximum absolute atomic E-state index is 10.6. The van der Waals surface area contributed by atoms with Crippen LogP contribution in [0, 0.1) is 0 Å². The van der Waals surface area contributed by atoms with Crippen LogP contribution in [0.2, 0.25) is 0 Å². The van der Waals surface area contributed by atoms with E-state index >= 15 is 0 Å². The molecule has 0 aliphatic heterocycles. The molecule has 1 rings (SSSR count). The van der Waals surface area contributed by atoms with Gasteiger partial charge >= 0.3 is 0 Å². The highest BCUT2D eigenvalue weighted by atomic mass is 35.5.